The molecule has 0 aliphatic carbocycles. The van der Waals surface area contributed by atoms with Crippen molar-refractivity contribution in [3.8, 4) is 0 Å². The third-order valence-electron chi connectivity index (χ3n) is 7.35. The first kappa shape index (κ1) is 20.1. The number of aryl methyl sites for hydroxylation is 1. The van der Waals surface area contributed by atoms with Gasteiger partial charge >= 0.3 is 0 Å². The van der Waals surface area contributed by atoms with Crippen molar-refractivity contribution in [3.05, 3.63) is 69.2 Å². The van der Waals surface area contributed by atoms with E-state index in [0.717, 1.165) is 55.5 Å². The quantitative estimate of drug-likeness (QED) is 0.499. The van der Waals surface area contributed by atoms with E-state index < -0.39 is 0 Å². The van der Waals surface area contributed by atoms with Crippen LogP contribution in [-0.2, 0) is 20.1 Å². The highest BCUT2D eigenvalue weighted by atomic mass is 32.1. The molecule has 2 aliphatic rings. The number of piperidine rings is 1. The van der Waals surface area contributed by atoms with Gasteiger partial charge in [0.2, 0.25) is 0 Å². The molecule has 0 spiro atoms. The minimum absolute atomic E-state index is 0.0321. The zero-order valence-electron chi connectivity index (χ0n) is 18.2. The van der Waals surface area contributed by atoms with Crippen molar-refractivity contribution < 1.29 is 4.39 Å². The van der Waals surface area contributed by atoms with Gasteiger partial charge < -0.3 is 19.4 Å². The number of thiophene rings is 1. The third-order valence-corrected chi connectivity index (χ3v) is 8.20. The predicted octanol–water partition coefficient (Wildman–Crippen LogP) is 4.05. The van der Waals surface area contributed by atoms with E-state index in [1.165, 1.54) is 15.9 Å². The van der Waals surface area contributed by atoms with Gasteiger partial charge in [-0.2, -0.15) is 0 Å². The van der Waals surface area contributed by atoms with Crippen LogP contribution in [0.2, 0.25) is 0 Å². The molecule has 1 N–H and O–H groups in total. The summed E-state index contributed by atoms with van der Waals surface area (Å²) in [5, 5.41) is 6.84. The average molecular weight is 451 g/mol. The van der Waals surface area contributed by atoms with Crippen LogP contribution < -0.4 is 10.9 Å². The van der Waals surface area contributed by atoms with Gasteiger partial charge in [0.25, 0.3) is 5.56 Å². The lowest BCUT2D eigenvalue weighted by atomic mass is 9.97. The van der Waals surface area contributed by atoms with Crippen LogP contribution in [-0.4, -0.2) is 39.7 Å². The second-order valence-electron chi connectivity index (χ2n) is 9.20. The van der Waals surface area contributed by atoms with E-state index in [9.17, 15) is 9.18 Å². The summed E-state index contributed by atoms with van der Waals surface area (Å²) in [6.45, 7) is 4.27. The van der Waals surface area contributed by atoms with Crippen LogP contribution in [0.25, 0.3) is 21.1 Å². The summed E-state index contributed by atoms with van der Waals surface area (Å²) in [6.07, 6.45) is 2.18. The molecule has 1 saturated heterocycles. The summed E-state index contributed by atoms with van der Waals surface area (Å²) in [4.78, 5) is 14.8. The van der Waals surface area contributed by atoms with Crippen LogP contribution in [0.4, 0.5) is 4.39 Å². The number of aromatic nitrogens is 2. The highest BCUT2D eigenvalue weighted by molar-refractivity contribution is 7.17. The molecule has 7 heteroatoms. The van der Waals surface area contributed by atoms with Gasteiger partial charge in [0.05, 0.1) is 15.7 Å². The number of hydrogen-bond donors (Lipinski definition) is 1. The number of likely N-dealkylation sites (tertiary alicyclic amines) is 1. The number of pyridine rings is 1. The number of nitrogens with zero attached hydrogens (tertiary/aromatic N) is 3. The molecule has 4 aromatic rings. The Morgan fingerprint density at radius 2 is 1.97 bits per heavy atom. The lowest BCUT2D eigenvalue weighted by Gasteiger charge is -2.34. The molecule has 3 aromatic heterocycles. The van der Waals surface area contributed by atoms with E-state index in [1.54, 1.807) is 34.1 Å². The second kappa shape index (κ2) is 7.83. The molecule has 2 aliphatic heterocycles. The number of fused-ring (bicyclic) bond motifs is 1. The SMILES string of the molecule is Cn1c(CNC2CCN(C[C@@H]3Cn4c(=O)ccc5ccc(F)c3c54)CC2)cc2sccc21. The van der Waals surface area contributed by atoms with Crippen molar-refractivity contribution in [3.63, 3.8) is 0 Å². The number of halogens is 1. The fraction of sp³-hybridized carbons (Fsp3) is 0.400. The number of nitrogens with one attached hydrogen (secondary N) is 1. The lowest BCUT2D eigenvalue weighted by Crippen LogP contribution is -2.43. The highest BCUT2D eigenvalue weighted by Crippen LogP contribution is 2.35. The summed E-state index contributed by atoms with van der Waals surface area (Å²) in [5.41, 5.74) is 4.12. The van der Waals surface area contributed by atoms with Crippen molar-refractivity contribution in [1.29, 1.82) is 0 Å². The van der Waals surface area contributed by atoms with Gasteiger partial charge in [-0.15, -0.1) is 11.3 Å². The fourth-order valence-corrected chi connectivity index (χ4v) is 6.45. The van der Waals surface area contributed by atoms with Gasteiger partial charge in [0.15, 0.2) is 0 Å². The van der Waals surface area contributed by atoms with E-state index in [4.69, 9.17) is 0 Å². The second-order valence-corrected chi connectivity index (χ2v) is 10.1. The molecule has 1 aromatic carbocycles. The number of benzene rings is 1. The summed E-state index contributed by atoms with van der Waals surface area (Å²) in [6, 6.07) is 11.7. The van der Waals surface area contributed by atoms with Crippen LogP contribution in [0.1, 0.15) is 30.0 Å². The van der Waals surface area contributed by atoms with Gasteiger partial charge in [-0.3, -0.25) is 4.79 Å². The maximum absolute atomic E-state index is 14.8. The molecule has 0 amide bonds. The molecule has 6 rings (SSSR count). The van der Waals surface area contributed by atoms with Crippen LogP contribution in [0.5, 0.6) is 0 Å². The molecule has 5 nitrogen and oxygen atoms in total. The van der Waals surface area contributed by atoms with Gasteiger partial charge in [-0.05, 0) is 67.0 Å². The van der Waals surface area contributed by atoms with Crippen LogP contribution >= 0.6 is 11.3 Å². The fourth-order valence-electron chi connectivity index (χ4n) is 5.58. The summed E-state index contributed by atoms with van der Waals surface area (Å²) in [7, 11) is 2.14. The Kier molecular flexibility index (Phi) is 4.93. The van der Waals surface area contributed by atoms with Crippen LogP contribution in [0.15, 0.2) is 46.6 Å². The first-order valence-electron chi connectivity index (χ1n) is 11.4. The maximum atomic E-state index is 14.8. The molecular weight excluding hydrogens is 423 g/mol. The van der Waals surface area contributed by atoms with Crippen molar-refractivity contribution in [1.82, 2.24) is 19.4 Å². The third kappa shape index (κ3) is 3.31. The average Bonchev–Trinajstić information content (AvgIpc) is 3.48. The normalized spacial score (nSPS) is 19.5. The Bertz CT molecular complexity index is 1360. The zero-order chi connectivity index (χ0) is 21.8. The summed E-state index contributed by atoms with van der Waals surface area (Å²) in [5.74, 6) is -0.145. The Morgan fingerprint density at radius 1 is 1.16 bits per heavy atom. The van der Waals surface area contributed by atoms with Gasteiger partial charge in [-0.1, -0.05) is 0 Å². The smallest absolute Gasteiger partial charge is 0.251 e. The monoisotopic (exact) mass is 450 g/mol. The molecule has 5 heterocycles. The van der Waals surface area contributed by atoms with Crippen LogP contribution in [0.3, 0.4) is 0 Å². The molecule has 0 bridgehead atoms. The Morgan fingerprint density at radius 3 is 2.78 bits per heavy atom. The highest BCUT2D eigenvalue weighted by Gasteiger charge is 2.31. The van der Waals surface area contributed by atoms with E-state index >= 15 is 0 Å². The first-order chi connectivity index (χ1) is 15.6. The topological polar surface area (TPSA) is 42.2 Å². The van der Waals surface area contributed by atoms with E-state index in [1.807, 2.05) is 6.07 Å². The van der Waals surface area contributed by atoms with Crippen molar-refractivity contribution in [2.24, 2.45) is 7.05 Å². The molecule has 166 valence electrons. The number of rotatable bonds is 5. The summed E-state index contributed by atoms with van der Waals surface area (Å²) < 4.78 is 20.1. The van der Waals surface area contributed by atoms with E-state index in [-0.39, 0.29) is 17.3 Å². The molecule has 1 atom stereocenters. The van der Waals surface area contributed by atoms with Gasteiger partial charge in [0, 0.05) is 56.0 Å². The van der Waals surface area contributed by atoms with E-state index in [2.05, 4.69) is 39.3 Å². The van der Waals surface area contributed by atoms with Crippen molar-refractivity contribution >= 4 is 32.5 Å². The van der Waals surface area contributed by atoms with Gasteiger partial charge in [0.1, 0.15) is 5.82 Å². The Hall–Kier alpha value is -2.48. The molecule has 32 heavy (non-hydrogen) atoms. The molecule has 0 saturated carbocycles. The Labute approximate surface area is 190 Å². The van der Waals surface area contributed by atoms with Crippen molar-refractivity contribution in [2.45, 2.75) is 37.9 Å². The molecular formula is C25H27FN4OS. The van der Waals surface area contributed by atoms with Crippen LogP contribution in [0, 0.1) is 5.82 Å². The van der Waals surface area contributed by atoms with Gasteiger partial charge in [-0.25, -0.2) is 4.39 Å². The Balaban J connectivity index is 1.09. The van der Waals surface area contributed by atoms with Crippen molar-refractivity contribution in [2.75, 3.05) is 19.6 Å². The minimum atomic E-state index is -0.182. The molecule has 1 fully saturated rings. The number of hydrogen-bond acceptors (Lipinski definition) is 4. The zero-order valence-corrected chi connectivity index (χ0v) is 19.0. The predicted molar refractivity (Wildman–Crippen MR) is 128 cm³/mol. The summed E-state index contributed by atoms with van der Waals surface area (Å²) >= 11 is 1.79. The lowest BCUT2D eigenvalue weighted by molar-refractivity contribution is 0.184. The minimum Gasteiger partial charge on any atom is -0.346 e. The standard InChI is InChI=1S/C25H27FN4OS/c1-28-19(12-22-21(28)8-11-32-22)13-27-18-6-9-29(10-7-18)14-17-15-30-23(31)5-3-16-2-4-20(26)24(17)25(16)30/h2-5,8,11-12,17-18,27H,6-7,9-10,13-15H2,1H3/t17-/m1/s1. The largest absolute Gasteiger partial charge is 0.346 e. The van der Waals surface area contributed by atoms with E-state index in [0.29, 0.717) is 12.6 Å². The molecule has 0 unspecified atom stereocenters. The molecule has 0 radical (unpaired) electrons. The maximum Gasteiger partial charge on any atom is 0.251 e. The first-order valence-corrected chi connectivity index (χ1v) is 12.3.